The zero-order chi connectivity index (χ0) is 18.1. The number of halogens is 2. The number of carbonyl (C=O) groups excluding carboxylic acids is 1. The molecular formula is C19H16F2N2OS. The molecule has 128 valence electrons. The van der Waals surface area contributed by atoms with E-state index in [2.05, 4.69) is 10.3 Å². The average Bonchev–Trinajstić information content (AvgIpc) is 2.87. The molecule has 0 aliphatic heterocycles. The van der Waals surface area contributed by atoms with Crippen molar-refractivity contribution in [3.05, 3.63) is 69.7 Å². The molecule has 6 heteroatoms. The molecule has 2 aromatic carbocycles. The third kappa shape index (κ3) is 3.58. The van der Waals surface area contributed by atoms with Gasteiger partial charge in [-0.05, 0) is 56.2 Å². The molecule has 3 aromatic rings. The maximum absolute atomic E-state index is 13.9. The molecule has 0 saturated carbocycles. The van der Waals surface area contributed by atoms with Crippen LogP contribution in [-0.2, 0) is 0 Å². The highest BCUT2D eigenvalue weighted by molar-refractivity contribution is 7.17. The number of nitrogens with one attached hydrogen (secondary N) is 1. The van der Waals surface area contributed by atoms with Gasteiger partial charge in [-0.15, -0.1) is 11.3 Å². The van der Waals surface area contributed by atoms with E-state index < -0.39 is 11.6 Å². The van der Waals surface area contributed by atoms with Crippen LogP contribution in [0.3, 0.4) is 0 Å². The zero-order valence-electron chi connectivity index (χ0n) is 14.0. The first-order valence-electron chi connectivity index (χ1n) is 7.66. The van der Waals surface area contributed by atoms with Crippen molar-refractivity contribution in [3.8, 4) is 10.6 Å². The molecular weight excluding hydrogens is 342 g/mol. The van der Waals surface area contributed by atoms with Gasteiger partial charge in [0.25, 0.3) is 5.91 Å². The Morgan fingerprint density at radius 2 is 1.64 bits per heavy atom. The van der Waals surface area contributed by atoms with E-state index >= 15 is 0 Å². The van der Waals surface area contributed by atoms with Gasteiger partial charge in [-0.25, -0.2) is 13.8 Å². The van der Waals surface area contributed by atoms with Crippen LogP contribution >= 0.6 is 11.3 Å². The summed E-state index contributed by atoms with van der Waals surface area (Å²) < 4.78 is 27.9. The maximum Gasteiger partial charge on any atom is 0.267 e. The largest absolute Gasteiger partial charge is 0.321 e. The van der Waals surface area contributed by atoms with Gasteiger partial charge in [-0.1, -0.05) is 12.1 Å². The summed E-state index contributed by atoms with van der Waals surface area (Å²) in [6.45, 7) is 5.54. The highest BCUT2D eigenvalue weighted by Gasteiger charge is 2.20. The predicted octanol–water partition coefficient (Wildman–Crippen LogP) is 5.27. The Morgan fingerprint density at radius 1 is 1.04 bits per heavy atom. The van der Waals surface area contributed by atoms with Gasteiger partial charge in [0.2, 0.25) is 0 Å². The highest BCUT2D eigenvalue weighted by atomic mass is 32.1. The minimum Gasteiger partial charge on any atom is -0.321 e. The third-order valence-corrected chi connectivity index (χ3v) is 4.83. The van der Waals surface area contributed by atoms with E-state index in [9.17, 15) is 13.6 Å². The summed E-state index contributed by atoms with van der Waals surface area (Å²) in [6.07, 6.45) is 0. The standard InChI is InChI=1S/C19H16F2N2OS/c1-10-7-11(2)9-13(8-10)23-18(24)17-12(3)22-19(25-17)16-14(20)5-4-6-15(16)21/h4-9H,1-3H3,(H,23,24). The Kier molecular flexibility index (Phi) is 4.63. The summed E-state index contributed by atoms with van der Waals surface area (Å²) in [5.41, 5.74) is 2.97. The molecule has 1 N–H and O–H groups in total. The number of hydrogen-bond acceptors (Lipinski definition) is 3. The second-order valence-electron chi connectivity index (χ2n) is 5.86. The van der Waals surface area contributed by atoms with E-state index in [-0.39, 0.29) is 16.5 Å². The Hall–Kier alpha value is -2.60. The molecule has 0 saturated heterocycles. The first-order chi connectivity index (χ1) is 11.8. The van der Waals surface area contributed by atoms with Crippen LogP contribution in [0.1, 0.15) is 26.5 Å². The number of carbonyl (C=O) groups is 1. The van der Waals surface area contributed by atoms with Crippen LogP contribution in [-0.4, -0.2) is 10.9 Å². The molecule has 0 bridgehead atoms. The van der Waals surface area contributed by atoms with Crippen LogP contribution in [0, 0.1) is 32.4 Å². The molecule has 0 aliphatic rings. The lowest BCUT2D eigenvalue weighted by Crippen LogP contribution is -2.11. The van der Waals surface area contributed by atoms with E-state index in [0.29, 0.717) is 16.3 Å². The summed E-state index contributed by atoms with van der Waals surface area (Å²) in [5, 5.41) is 2.97. The normalized spacial score (nSPS) is 10.8. The molecule has 3 nitrogen and oxygen atoms in total. The van der Waals surface area contributed by atoms with Crippen molar-refractivity contribution in [2.75, 3.05) is 5.32 Å². The van der Waals surface area contributed by atoms with Crippen molar-refractivity contribution in [3.63, 3.8) is 0 Å². The van der Waals surface area contributed by atoms with Gasteiger partial charge in [0.05, 0.1) is 11.3 Å². The van der Waals surface area contributed by atoms with Gasteiger partial charge in [0.15, 0.2) is 0 Å². The lowest BCUT2D eigenvalue weighted by atomic mass is 10.1. The fourth-order valence-electron chi connectivity index (χ4n) is 2.65. The predicted molar refractivity (Wildman–Crippen MR) is 96.1 cm³/mol. The summed E-state index contributed by atoms with van der Waals surface area (Å²) in [7, 11) is 0. The Balaban J connectivity index is 1.93. The number of amides is 1. The first kappa shape index (κ1) is 17.2. The molecule has 3 rings (SSSR count). The molecule has 0 fully saturated rings. The number of anilines is 1. The second-order valence-corrected chi connectivity index (χ2v) is 6.86. The van der Waals surface area contributed by atoms with Gasteiger partial charge in [0, 0.05) is 5.69 Å². The van der Waals surface area contributed by atoms with E-state index in [0.717, 1.165) is 22.5 Å². The van der Waals surface area contributed by atoms with Gasteiger partial charge >= 0.3 is 0 Å². The Labute approximate surface area is 148 Å². The summed E-state index contributed by atoms with van der Waals surface area (Å²) in [6, 6.07) is 9.36. The number of aromatic nitrogens is 1. The quantitative estimate of drug-likeness (QED) is 0.693. The summed E-state index contributed by atoms with van der Waals surface area (Å²) in [5.74, 6) is -1.74. The molecule has 0 aliphatic carbocycles. The first-order valence-corrected chi connectivity index (χ1v) is 8.48. The molecule has 0 atom stereocenters. The fourth-order valence-corrected chi connectivity index (χ4v) is 3.66. The van der Waals surface area contributed by atoms with Gasteiger partial charge in [-0.2, -0.15) is 0 Å². The smallest absolute Gasteiger partial charge is 0.267 e. The van der Waals surface area contributed by atoms with Crippen molar-refractivity contribution in [2.24, 2.45) is 0 Å². The summed E-state index contributed by atoms with van der Waals surface area (Å²) >= 11 is 0.974. The number of thiazole rings is 1. The van der Waals surface area contributed by atoms with E-state index in [1.165, 1.54) is 18.2 Å². The lowest BCUT2D eigenvalue weighted by molar-refractivity contribution is 0.103. The minimum absolute atomic E-state index is 0.152. The van der Waals surface area contributed by atoms with Crippen molar-refractivity contribution in [2.45, 2.75) is 20.8 Å². The monoisotopic (exact) mass is 358 g/mol. The van der Waals surface area contributed by atoms with E-state index in [4.69, 9.17) is 0 Å². The second kappa shape index (κ2) is 6.72. The molecule has 1 amide bonds. The van der Waals surface area contributed by atoms with Gasteiger partial charge in [0.1, 0.15) is 21.5 Å². The fraction of sp³-hybridized carbons (Fsp3) is 0.158. The lowest BCUT2D eigenvalue weighted by Gasteiger charge is -2.06. The van der Waals surface area contributed by atoms with Crippen LogP contribution in [0.15, 0.2) is 36.4 Å². The van der Waals surface area contributed by atoms with E-state index in [1.54, 1.807) is 6.92 Å². The van der Waals surface area contributed by atoms with Crippen molar-refractivity contribution < 1.29 is 13.6 Å². The maximum atomic E-state index is 13.9. The number of rotatable bonds is 3. The number of aryl methyl sites for hydroxylation is 3. The average molecular weight is 358 g/mol. The van der Waals surface area contributed by atoms with Gasteiger partial charge in [-0.3, -0.25) is 4.79 Å². The summed E-state index contributed by atoms with van der Waals surface area (Å²) in [4.78, 5) is 17.1. The Morgan fingerprint density at radius 3 is 2.24 bits per heavy atom. The zero-order valence-corrected chi connectivity index (χ0v) is 14.8. The van der Waals surface area contributed by atoms with Crippen molar-refractivity contribution >= 4 is 22.9 Å². The number of hydrogen-bond donors (Lipinski definition) is 1. The molecule has 1 heterocycles. The van der Waals surface area contributed by atoms with Crippen molar-refractivity contribution in [1.82, 2.24) is 4.98 Å². The minimum atomic E-state index is -0.699. The van der Waals surface area contributed by atoms with Crippen molar-refractivity contribution in [1.29, 1.82) is 0 Å². The van der Waals surface area contributed by atoms with Crippen LogP contribution < -0.4 is 5.32 Å². The van der Waals surface area contributed by atoms with Crippen LogP contribution in [0.4, 0.5) is 14.5 Å². The van der Waals surface area contributed by atoms with Crippen LogP contribution in [0.25, 0.3) is 10.6 Å². The number of benzene rings is 2. The molecule has 1 aromatic heterocycles. The molecule has 0 radical (unpaired) electrons. The molecule has 0 unspecified atom stereocenters. The Bertz CT molecular complexity index is 926. The highest BCUT2D eigenvalue weighted by Crippen LogP contribution is 2.32. The third-order valence-electron chi connectivity index (χ3n) is 3.66. The van der Waals surface area contributed by atoms with E-state index in [1.807, 2.05) is 32.0 Å². The van der Waals surface area contributed by atoms with Crippen LogP contribution in [0.2, 0.25) is 0 Å². The van der Waals surface area contributed by atoms with Gasteiger partial charge < -0.3 is 5.32 Å². The van der Waals surface area contributed by atoms with Crippen LogP contribution in [0.5, 0.6) is 0 Å². The topological polar surface area (TPSA) is 42.0 Å². The molecule has 0 spiro atoms. The SMILES string of the molecule is Cc1cc(C)cc(NC(=O)c2sc(-c3c(F)cccc3F)nc2C)c1. The molecule has 25 heavy (non-hydrogen) atoms. The number of nitrogens with zero attached hydrogens (tertiary/aromatic N) is 1.